The molecule has 0 fully saturated rings. The molecule has 0 aliphatic rings. The van der Waals surface area contributed by atoms with Crippen LogP contribution in [0, 0.1) is 0 Å². The summed E-state index contributed by atoms with van der Waals surface area (Å²) in [7, 11) is 0. The van der Waals surface area contributed by atoms with E-state index in [9.17, 15) is 9.59 Å². The van der Waals surface area contributed by atoms with E-state index < -0.39 is 11.5 Å². The average molecular weight is 404 g/mol. The third-order valence-electron chi connectivity index (χ3n) is 3.26. The SMILES string of the molecule is C=C(Cn1c(=O)c(C(=O)OCC)cc2cc(Br)cnc21)N=C/C=C\C. The summed E-state index contributed by atoms with van der Waals surface area (Å²) < 4.78 is 7.10. The fourth-order valence-electron chi connectivity index (χ4n) is 2.20. The molecule has 0 atom stereocenters. The minimum absolute atomic E-state index is 0.0421. The molecule has 0 N–H and O–H groups in total. The molecular weight excluding hydrogens is 386 g/mol. The second-order valence-corrected chi connectivity index (χ2v) is 6.02. The van der Waals surface area contributed by atoms with Crippen LogP contribution in [0.25, 0.3) is 11.0 Å². The third kappa shape index (κ3) is 4.51. The van der Waals surface area contributed by atoms with E-state index >= 15 is 0 Å². The zero-order valence-corrected chi connectivity index (χ0v) is 15.6. The lowest BCUT2D eigenvalue weighted by molar-refractivity contribution is 0.0524. The van der Waals surface area contributed by atoms with Gasteiger partial charge in [0.05, 0.1) is 18.8 Å². The second kappa shape index (κ2) is 8.53. The number of aromatic nitrogens is 2. The molecule has 0 spiro atoms. The summed E-state index contributed by atoms with van der Waals surface area (Å²) in [5, 5.41) is 0.641. The van der Waals surface area contributed by atoms with Crippen molar-refractivity contribution in [1.82, 2.24) is 9.55 Å². The fourth-order valence-corrected chi connectivity index (χ4v) is 2.55. The number of esters is 1. The van der Waals surface area contributed by atoms with E-state index in [1.54, 1.807) is 31.5 Å². The van der Waals surface area contributed by atoms with Crippen LogP contribution in [0.15, 0.2) is 57.0 Å². The molecule has 0 saturated carbocycles. The number of halogens is 1. The number of aliphatic imine (C=N–C) groups is 1. The zero-order chi connectivity index (χ0) is 18.4. The summed E-state index contributed by atoms with van der Waals surface area (Å²) >= 11 is 3.35. The van der Waals surface area contributed by atoms with Gasteiger partial charge in [-0.05, 0) is 48.0 Å². The Morgan fingerprint density at radius 2 is 2.24 bits per heavy atom. The van der Waals surface area contributed by atoms with Crippen LogP contribution in [0.1, 0.15) is 24.2 Å². The van der Waals surface area contributed by atoms with E-state index in [4.69, 9.17) is 4.74 Å². The standard InChI is InChI=1S/C18H18BrN3O3/c1-4-6-7-20-12(3)11-22-16-13(8-14(19)10-21-16)9-15(17(22)23)18(24)25-5-2/h4,6-10H,3,5,11H2,1-2H3/b6-4-,20-7?. The summed E-state index contributed by atoms with van der Waals surface area (Å²) in [6.07, 6.45) is 6.78. The highest BCUT2D eigenvalue weighted by Crippen LogP contribution is 2.18. The third-order valence-corrected chi connectivity index (χ3v) is 3.70. The summed E-state index contributed by atoms with van der Waals surface area (Å²) in [5.41, 5.74) is 0.387. The number of pyridine rings is 2. The first-order valence-electron chi connectivity index (χ1n) is 7.67. The number of rotatable bonds is 6. The molecule has 0 saturated heterocycles. The lowest BCUT2D eigenvalue weighted by Gasteiger charge is -2.12. The van der Waals surface area contributed by atoms with Gasteiger partial charge in [-0.25, -0.2) is 9.78 Å². The Morgan fingerprint density at radius 3 is 2.92 bits per heavy atom. The van der Waals surface area contributed by atoms with Gasteiger partial charge in [-0.2, -0.15) is 0 Å². The van der Waals surface area contributed by atoms with Crippen LogP contribution in [0.5, 0.6) is 0 Å². The molecule has 0 aliphatic heterocycles. The van der Waals surface area contributed by atoms with E-state index in [-0.39, 0.29) is 18.7 Å². The van der Waals surface area contributed by atoms with Gasteiger partial charge in [-0.1, -0.05) is 12.7 Å². The van der Waals surface area contributed by atoms with Crippen molar-refractivity contribution in [1.29, 1.82) is 0 Å². The van der Waals surface area contributed by atoms with Gasteiger partial charge < -0.3 is 4.74 Å². The number of allylic oxidation sites excluding steroid dienone is 3. The Balaban J connectivity index is 2.59. The molecule has 6 nitrogen and oxygen atoms in total. The molecule has 0 aliphatic carbocycles. The van der Waals surface area contributed by atoms with Crippen molar-refractivity contribution in [2.45, 2.75) is 20.4 Å². The van der Waals surface area contributed by atoms with Crippen LogP contribution in [0.3, 0.4) is 0 Å². The van der Waals surface area contributed by atoms with Gasteiger partial charge in [0.15, 0.2) is 0 Å². The van der Waals surface area contributed by atoms with Gasteiger partial charge in [0.1, 0.15) is 11.2 Å². The van der Waals surface area contributed by atoms with Crippen molar-refractivity contribution in [2.75, 3.05) is 6.61 Å². The van der Waals surface area contributed by atoms with Crippen LogP contribution >= 0.6 is 15.9 Å². The van der Waals surface area contributed by atoms with Crippen LogP contribution in [0.2, 0.25) is 0 Å². The van der Waals surface area contributed by atoms with Gasteiger partial charge in [0.2, 0.25) is 0 Å². The monoisotopic (exact) mass is 403 g/mol. The van der Waals surface area contributed by atoms with Crippen LogP contribution in [-0.2, 0) is 11.3 Å². The molecule has 0 bridgehead atoms. The van der Waals surface area contributed by atoms with Crippen LogP contribution in [0.4, 0.5) is 0 Å². The Kier molecular flexibility index (Phi) is 6.41. The van der Waals surface area contributed by atoms with Gasteiger partial charge in [-0.3, -0.25) is 14.4 Å². The molecule has 2 heterocycles. The largest absolute Gasteiger partial charge is 0.462 e. The molecule has 25 heavy (non-hydrogen) atoms. The van der Waals surface area contributed by atoms with Gasteiger partial charge in [0, 0.05) is 22.3 Å². The number of hydrogen-bond acceptors (Lipinski definition) is 5. The summed E-state index contributed by atoms with van der Waals surface area (Å²) in [6.45, 7) is 7.72. The number of nitrogens with zero attached hydrogens (tertiary/aromatic N) is 3. The maximum atomic E-state index is 12.8. The van der Waals surface area contributed by atoms with Crippen molar-refractivity contribution in [3.63, 3.8) is 0 Å². The van der Waals surface area contributed by atoms with E-state index in [2.05, 4.69) is 32.5 Å². The number of hydrogen-bond donors (Lipinski definition) is 0. The maximum Gasteiger partial charge on any atom is 0.343 e. The first kappa shape index (κ1) is 18.8. The summed E-state index contributed by atoms with van der Waals surface area (Å²) in [4.78, 5) is 33.3. The lowest BCUT2D eigenvalue weighted by atomic mass is 10.2. The van der Waals surface area contributed by atoms with Crippen molar-refractivity contribution in [3.05, 3.63) is 63.1 Å². The molecule has 0 aromatic carbocycles. The average Bonchev–Trinajstić information content (AvgIpc) is 2.57. The minimum Gasteiger partial charge on any atom is -0.462 e. The second-order valence-electron chi connectivity index (χ2n) is 5.11. The first-order chi connectivity index (χ1) is 12.0. The highest BCUT2D eigenvalue weighted by molar-refractivity contribution is 9.10. The van der Waals surface area contributed by atoms with Crippen molar-refractivity contribution < 1.29 is 9.53 Å². The molecule has 0 radical (unpaired) electrons. The minimum atomic E-state index is -0.661. The summed E-state index contributed by atoms with van der Waals surface area (Å²) in [5.74, 6) is -0.661. The topological polar surface area (TPSA) is 73.5 Å². The molecule has 0 amide bonds. The first-order valence-corrected chi connectivity index (χ1v) is 8.46. The number of carbonyl (C=O) groups excluding carboxylic acids is 1. The maximum absolute atomic E-state index is 12.8. The highest BCUT2D eigenvalue weighted by atomic mass is 79.9. The van der Waals surface area contributed by atoms with E-state index in [0.29, 0.717) is 16.7 Å². The molecule has 130 valence electrons. The lowest BCUT2D eigenvalue weighted by Crippen LogP contribution is -2.28. The number of carbonyl (C=O) groups is 1. The molecule has 2 aromatic rings. The van der Waals surface area contributed by atoms with Gasteiger partial charge in [-0.15, -0.1) is 0 Å². The zero-order valence-electron chi connectivity index (χ0n) is 14.0. The Labute approximate surface area is 153 Å². The van der Waals surface area contributed by atoms with Gasteiger partial charge in [0.25, 0.3) is 5.56 Å². The van der Waals surface area contributed by atoms with Crippen molar-refractivity contribution >= 4 is 39.1 Å². The highest BCUT2D eigenvalue weighted by Gasteiger charge is 2.18. The molecule has 0 unspecified atom stereocenters. The smallest absolute Gasteiger partial charge is 0.343 e. The van der Waals surface area contributed by atoms with E-state index in [0.717, 1.165) is 4.47 Å². The van der Waals surface area contributed by atoms with Crippen molar-refractivity contribution in [3.8, 4) is 0 Å². The molecule has 2 aromatic heterocycles. The molecule has 2 rings (SSSR count). The van der Waals surface area contributed by atoms with Crippen molar-refractivity contribution in [2.24, 2.45) is 4.99 Å². The number of ether oxygens (including phenoxy) is 1. The fraction of sp³-hybridized carbons (Fsp3) is 0.222. The predicted octanol–water partition coefficient (Wildman–Crippen LogP) is 3.50. The summed E-state index contributed by atoms with van der Waals surface area (Å²) in [6, 6.07) is 3.28. The van der Waals surface area contributed by atoms with E-state index in [1.807, 2.05) is 13.0 Å². The van der Waals surface area contributed by atoms with Crippen LogP contribution in [-0.4, -0.2) is 28.3 Å². The Hall–Kier alpha value is -2.54. The Morgan fingerprint density at radius 1 is 1.48 bits per heavy atom. The van der Waals surface area contributed by atoms with Gasteiger partial charge >= 0.3 is 5.97 Å². The predicted molar refractivity (Wildman–Crippen MR) is 102 cm³/mol. The molecule has 7 heteroatoms. The Bertz CT molecular complexity index is 929. The van der Waals surface area contributed by atoms with E-state index in [1.165, 1.54) is 10.6 Å². The molecular formula is C18H18BrN3O3. The normalized spacial score (nSPS) is 11.5. The quantitative estimate of drug-likeness (QED) is 0.546. The van der Waals surface area contributed by atoms with Crippen LogP contribution < -0.4 is 5.56 Å². The number of fused-ring (bicyclic) bond motifs is 1.